The van der Waals surface area contributed by atoms with Crippen LogP contribution < -0.4 is 4.90 Å². The number of carbonyl (C=O) groups is 2. The van der Waals surface area contributed by atoms with E-state index in [2.05, 4.69) is 26.7 Å². The van der Waals surface area contributed by atoms with E-state index < -0.39 is 0 Å². The second-order valence-corrected chi connectivity index (χ2v) is 8.54. The van der Waals surface area contributed by atoms with Crippen LogP contribution in [0.5, 0.6) is 0 Å². The molecule has 3 heterocycles. The monoisotopic (exact) mass is 457 g/mol. The van der Waals surface area contributed by atoms with Crippen molar-refractivity contribution >= 4 is 42.6 Å². The number of hydrogen-bond donors (Lipinski definition) is 0. The van der Waals surface area contributed by atoms with Crippen molar-refractivity contribution in [1.29, 1.82) is 0 Å². The predicted octanol–water partition coefficient (Wildman–Crippen LogP) is 2.64. The molecule has 0 spiro atoms. The summed E-state index contributed by atoms with van der Waals surface area (Å²) in [6, 6.07) is 1.84. The number of fused-ring (bicyclic) bond motifs is 1. The molecular formula is C21H33Cl2N5O2. The number of halogens is 2. The van der Waals surface area contributed by atoms with E-state index in [4.69, 9.17) is 0 Å². The number of carbonyl (C=O) groups excluding carboxylic acids is 2. The van der Waals surface area contributed by atoms with Gasteiger partial charge in [-0.15, -0.1) is 24.8 Å². The van der Waals surface area contributed by atoms with Gasteiger partial charge < -0.3 is 4.90 Å². The number of hydrogen-bond acceptors (Lipinski definition) is 6. The lowest BCUT2D eigenvalue weighted by atomic mass is 9.76. The molecule has 3 fully saturated rings. The van der Waals surface area contributed by atoms with Crippen molar-refractivity contribution in [2.75, 3.05) is 44.2 Å². The smallest absolute Gasteiger partial charge is 0.233 e. The summed E-state index contributed by atoms with van der Waals surface area (Å²) in [6.45, 7) is 7.69. The number of amides is 2. The molecule has 0 aromatic carbocycles. The van der Waals surface area contributed by atoms with E-state index >= 15 is 0 Å². The summed E-state index contributed by atoms with van der Waals surface area (Å²) in [4.78, 5) is 40.1. The van der Waals surface area contributed by atoms with E-state index in [1.165, 1.54) is 0 Å². The fraction of sp³-hybridized carbons (Fsp3) is 0.714. The lowest BCUT2D eigenvalue weighted by molar-refractivity contribution is -0.140. The second-order valence-electron chi connectivity index (χ2n) is 8.54. The number of likely N-dealkylation sites (tertiary alicyclic amines) is 1. The second kappa shape index (κ2) is 11.3. The van der Waals surface area contributed by atoms with Gasteiger partial charge in [-0.2, -0.15) is 0 Å². The number of rotatable bonds is 6. The van der Waals surface area contributed by atoms with Crippen molar-refractivity contribution in [3.63, 3.8) is 0 Å². The summed E-state index contributed by atoms with van der Waals surface area (Å²) in [6.07, 6.45) is 8.34. The number of anilines is 1. The van der Waals surface area contributed by atoms with Gasteiger partial charge >= 0.3 is 0 Å². The molecular weight excluding hydrogens is 425 g/mol. The number of imide groups is 1. The van der Waals surface area contributed by atoms with Gasteiger partial charge in [0.15, 0.2) is 0 Å². The maximum absolute atomic E-state index is 12.6. The van der Waals surface area contributed by atoms with E-state index in [0.29, 0.717) is 12.5 Å². The first-order valence-corrected chi connectivity index (χ1v) is 10.7. The first kappa shape index (κ1) is 24.8. The molecule has 2 aliphatic heterocycles. The van der Waals surface area contributed by atoms with Gasteiger partial charge in [0.1, 0.15) is 0 Å². The third-order valence-corrected chi connectivity index (χ3v) is 6.59. The molecule has 0 N–H and O–H groups in total. The number of unbranched alkanes of at least 4 members (excludes halogenated alkanes) is 1. The van der Waals surface area contributed by atoms with Crippen LogP contribution in [0, 0.1) is 17.8 Å². The van der Waals surface area contributed by atoms with Crippen molar-refractivity contribution in [2.24, 2.45) is 17.8 Å². The Hall–Kier alpha value is -1.44. The zero-order valence-corrected chi connectivity index (χ0v) is 19.2. The zero-order chi connectivity index (χ0) is 19.5. The van der Waals surface area contributed by atoms with Crippen molar-refractivity contribution in [3.8, 4) is 0 Å². The Morgan fingerprint density at radius 3 is 2.23 bits per heavy atom. The van der Waals surface area contributed by atoms with Crippen LogP contribution >= 0.6 is 24.8 Å². The lowest BCUT2D eigenvalue weighted by Gasteiger charge is -2.34. The molecule has 4 rings (SSSR count). The van der Waals surface area contributed by atoms with E-state index in [1.807, 2.05) is 6.07 Å². The molecule has 1 aromatic heterocycles. The molecule has 168 valence electrons. The van der Waals surface area contributed by atoms with E-state index in [9.17, 15) is 9.59 Å². The van der Waals surface area contributed by atoms with Crippen molar-refractivity contribution in [3.05, 3.63) is 18.5 Å². The standard InChI is InChI=1S/C21H31N5O2.2ClH/c1-16-5-6-17-18(15-16)20(28)26(19(17)27)10-3-2-9-24-11-13-25(14-12-24)21-22-7-4-8-23-21;;/h4,7-8,16-18H,2-3,5-6,9-15H2,1H3;2*1H. The first-order chi connectivity index (χ1) is 13.6. The Balaban J connectivity index is 0.00000160. The highest BCUT2D eigenvalue weighted by molar-refractivity contribution is 6.05. The first-order valence-electron chi connectivity index (χ1n) is 10.7. The zero-order valence-electron chi connectivity index (χ0n) is 17.6. The highest BCUT2D eigenvalue weighted by atomic mass is 35.5. The van der Waals surface area contributed by atoms with Crippen LogP contribution in [0.3, 0.4) is 0 Å². The number of nitrogens with zero attached hydrogens (tertiary/aromatic N) is 5. The summed E-state index contributed by atoms with van der Waals surface area (Å²) in [5.74, 6) is 1.50. The molecule has 3 unspecified atom stereocenters. The molecule has 0 radical (unpaired) electrons. The summed E-state index contributed by atoms with van der Waals surface area (Å²) < 4.78 is 0. The molecule has 30 heavy (non-hydrogen) atoms. The van der Waals surface area contributed by atoms with Gasteiger partial charge in [-0.3, -0.25) is 19.4 Å². The highest BCUT2D eigenvalue weighted by Gasteiger charge is 2.48. The normalized spacial score (nSPS) is 26.8. The van der Waals surface area contributed by atoms with E-state index in [-0.39, 0.29) is 48.5 Å². The Labute approximate surface area is 191 Å². The van der Waals surface area contributed by atoms with Crippen molar-refractivity contribution < 1.29 is 9.59 Å². The van der Waals surface area contributed by atoms with E-state index in [1.54, 1.807) is 17.3 Å². The largest absolute Gasteiger partial charge is 0.338 e. The Bertz CT molecular complexity index is 700. The van der Waals surface area contributed by atoms with Crippen LogP contribution in [0.1, 0.15) is 39.0 Å². The fourth-order valence-electron chi connectivity index (χ4n) is 4.91. The molecule has 1 saturated carbocycles. The van der Waals surface area contributed by atoms with Gasteiger partial charge in [0.2, 0.25) is 17.8 Å². The van der Waals surface area contributed by atoms with Gasteiger partial charge in [0, 0.05) is 45.1 Å². The number of piperazine rings is 1. The molecule has 2 saturated heterocycles. The average Bonchev–Trinajstić information content (AvgIpc) is 2.96. The van der Waals surface area contributed by atoms with Gasteiger partial charge in [0.25, 0.3) is 0 Å². The minimum absolute atomic E-state index is 0. The lowest BCUT2D eigenvalue weighted by Crippen LogP contribution is -2.47. The topological polar surface area (TPSA) is 69.6 Å². The summed E-state index contributed by atoms with van der Waals surface area (Å²) in [7, 11) is 0. The van der Waals surface area contributed by atoms with Gasteiger partial charge in [-0.1, -0.05) is 6.92 Å². The van der Waals surface area contributed by atoms with Crippen molar-refractivity contribution in [2.45, 2.75) is 39.0 Å². The van der Waals surface area contributed by atoms with E-state index in [0.717, 1.165) is 70.8 Å². The van der Waals surface area contributed by atoms with Crippen LogP contribution in [0.4, 0.5) is 5.95 Å². The molecule has 1 aliphatic carbocycles. The molecule has 3 atom stereocenters. The van der Waals surface area contributed by atoms with Crippen LogP contribution in [0.25, 0.3) is 0 Å². The average molecular weight is 458 g/mol. The van der Waals surface area contributed by atoms with Crippen LogP contribution in [-0.2, 0) is 9.59 Å². The number of aromatic nitrogens is 2. The Kier molecular flexibility index (Phi) is 9.31. The molecule has 7 nitrogen and oxygen atoms in total. The SMILES string of the molecule is CC1CCC2C(=O)N(CCCCN3CCN(c4ncccn4)CC3)C(=O)C2C1.Cl.Cl. The van der Waals surface area contributed by atoms with Crippen LogP contribution in [0.2, 0.25) is 0 Å². The maximum atomic E-state index is 12.6. The van der Waals surface area contributed by atoms with Gasteiger partial charge in [0.05, 0.1) is 11.8 Å². The maximum Gasteiger partial charge on any atom is 0.233 e. The Morgan fingerprint density at radius 1 is 0.900 bits per heavy atom. The molecule has 1 aromatic rings. The fourth-order valence-corrected chi connectivity index (χ4v) is 4.91. The minimum Gasteiger partial charge on any atom is -0.338 e. The van der Waals surface area contributed by atoms with Crippen LogP contribution in [-0.4, -0.2) is 70.9 Å². The van der Waals surface area contributed by atoms with Gasteiger partial charge in [-0.05, 0) is 50.6 Å². The van der Waals surface area contributed by atoms with Crippen LogP contribution in [0.15, 0.2) is 18.5 Å². The van der Waals surface area contributed by atoms with Crippen molar-refractivity contribution in [1.82, 2.24) is 19.8 Å². The molecule has 3 aliphatic rings. The third kappa shape index (κ3) is 5.42. The van der Waals surface area contributed by atoms with Gasteiger partial charge in [-0.25, -0.2) is 9.97 Å². The molecule has 0 bridgehead atoms. The Morgan fingerprint density at radius 2 is 1.53 bits per heavy atom. The molecule has 9 heteroatoms. The summed E-state index contributed by atoms with van der Waals surface area (Å²) in [5.41, 5.74) is 0. The quantitative estimate of drug-likeness (QED) is 0.482. The summed E-state index contributed by atoms with van der Waals surface area (Å²) >= 11 is 0. The minimum atomic E-state index is -0.0375. The molecule has 2 amide bonds. The summed E-state index contributed by atoms with van der Waals surface area (Å²) in [5, 5.41) is 0. The predicted molar refractivity (Wildman–Crippen MR) is 121 cm³/mol. The third-order valence-electron chi connectivity index (χ3n) is 6.59. The highest BCUT2D eigenvalue weighted by Crippen LogP contribution is 2.40.